The molecule has 0 aliphatic rings. The molecule has 0 fully saturated rings. The Balaban J connectivity index is 1.98. The smallest absolute Gasteiger partial charge is 0.260 e. The number of nitrogens with one attached hydrogen (secondary N) is 1. The van der Waals surface area contributed by atoms with Crippen LogP contribution in [0.25, 0.3) is 6.08 Å². The van der Waals surface area contributed by atoms with Crippen LogP contribution in [0.1, 0.15) is 5.56 Å². The number of para-hydroxylation sites is 1. The summed E-state index contributed by atoms with van der Waals surface area (Å²) < 4.78 is 0. The van der Waals surface area contributed by atoms with Crippen molar-refractivity contribution in [2.24, 2.45) is 5.10 Å². The van der Waals surface area contributed by atoms with Crippen LogP contribution in [0.5, 0.6) is 0 Å². The van der Waals surface area contributed by atoms with Gasteiger partial charge in [-0.25, -0.2) is 0 Å². The van der Waals surface area contributed by atoms with Crippen LogP contribution in [0.4, 0.5) is 11.5 Å². The van der Waals surface area contributed by atoms with E-state index in [1.807, 2.05) is 0 Å². The summed E-state index contributed by atoms with van der Waals surface area (Å²) in [5.74, 6) is 0.440. The number of hydrogen-bond acceptors (Lipinski definition) is 6. The first-order valence-electron chi connectivity index (χ1n) is 5.85. The highest BCUT2D eigenvalue weighted by molar-refractivity contribution is 6.29. The van der Waals surface area contributed by atoms with Crippen molar-refractivity contribution in [2.75, 3.05) is 5.43 Å². The lowest BCUT2D eigenvalue weighted by atomic mass is 10.2. The fraction of sp³-hybridized carbons (Fsp3) is 0. The molecule has 2 aromatic rings. The number of nitro benzene ring substituents is 1. The molecule has 1 aromatic heterocycles. The Bertz CT molecular complexity index is 685. The number of hydrogen-bond donors (Lipinski definition) is 1. The number of rotatable bonds is 5. The molecule has 7 nitrogen and oxygen atoms in total. The molecule has 2 rings (SSSR count). The first-order valence-corrected chi connectivity index (χ1v) is 6.23. The second kappa shape index (κ2) is 7.11. The highest BCUT2D eigenvalue weighted by atomic mass is 35.5. The molecule has 0 radical (unpaired) electrons. The van der Waals surface area contributed by atoms with E-state index < -0.39 is 4.92 Å². The molecule has 0 saturated heterocycles. The number of anilines is 1. The van der Waals surface area contributed by atoms with Crippen molar-refractivity contribution in [2.45, 2.75) is 0 Å². The molecule has 0 aliphatic heterocycles. The van der Waals surface area contributed by atoms with E-state index in [1.165, 1.54) is 12.3 Å². The molecule has 1 heterocycles. The summed E-state index contributed by atoms with van der Waals surface area (Å²) in [5.41, 5.74) is 3.19. The maximum absolute atomic E-state index is 10.8. The maximum atomic E-state index is 10.8. The minimum Gasteiger partial charge on any atom is -0.260 e. The molecule has 0 aliphatic carbocycles. The van der Waals surface area contributed by atoms with Crippen LogP contribution in [-0.2, 0) is 0 Å². The third-order valence-electron chi connectivity index (χ3n) is 2.38. The van der Waals surface area contributed by atoms with Gasteiger partial charge < -0.3 is 0 Å². The van der Waals surface area contributed by atoms with Gasteiger partial charge in [0.15, 0.2) is 11.0 Å². The monoisotopic (exact) mass is 303 g/mol. The third kappa shape index (κ3) is 4.36. The van der Waals surface area contributed by atoms with E-state index in [0.29, 0.717) is 16.5 Å². The first kappa shape index (κ1) is 14.6. The molecule has 0 unspecified atom stereocenters. The van der Waals surface area contributed by atoms with Gasteiger partial charge in [-0.05, 0) is 30.4 Å². The molecule has 0 amide bonds. The van der Waals surface area contributed by atoms with E-state index in [1.54, 1.807) is 42.5 Å². The number of nitrogens with zero attached hydrogens (tertiary/aromatic N) is 4. The minimum absolute atomic E-state index is 0.0404. The van der Waals surface area contributed by atoms with Gasteiger partial charge in [-0.1, -0.05) is 23.7 Å². The predicted octanol–water partition coefficient (Wildman–Crippen LogP) is 3.15. The largest absolute Gasteiger partial charge is 0.276 e. The van der Waals surface area contributed by atoms with Gasteiger partial charge in [0.1, 0.15) is 0 Å². The lowest BCUT2D eigenvalue weighted by Crippen LogP contribution is -1.93. The van der Waals surface area contributed by atoms with Crippen molar-refractivity contribution in [3.8, 4) is 0 Å². The zero-order valence-corrected chi connectivity index (χ0v) is 11.4. The van der Waals surface area contributed by atoms with Crippen LogP contribution in [-0.4, -0.2) is 21.3 Å². The van der Waals surface area contributed by atoms with E-state index in [2.05, 4.69) is 20.7 Å². The summed E-state index contributed by atoms with van der Waals surface area (Å²) in [6, 6.07) is 9.64. The number of halogens is 1. The molecule has 0 spiro atoms. The highest BCUT2D eigenvalue weighted by Gasteiger charge is 2.08. The Morgan fingerprint density at radius 2 is 2.05 bits per heavy atom. The fourth-order valence-corrected chi connectivity index (χ4v) is 1.56. The lowest BCUT2D eigenvalue weighted by molar-refractivity contribution is -0.385. The predicted molar refractivity (Wildman–Crippen MR) is 81.3 cm³/mol. The molecule has 1 N–H and O–H groups in total. The van der Waals surface area contributed by atoms with Gasteiger partial charge in [0, 0.05) is 12.3 Å². The molecule has 0 bridgehead atoms. The Kier molecular flexibility index (Phi) is 4.94. The average Bonchev–Trinajstić information content (AvgIpc) is 2.49. The van der Waals surface area contributed by atoms with Crippen LogP contribution in [0.15, 0.2) is 47.6 Å². The van der Waals surface area contributed by atoms with Crippen LogP contribution in [0.2, 0.25) is 5.15 Å². The Morgan fingerprint density at radius 3 is 2.76 bits per heavy atom. The van der Waals surface area contributed by atoms with Crippen LogP contribution in [0, 0.1) is 10.1 Å². The summed E-state index contributed by atoms with van der Waals surface area (Å²) >= 11 is 5.60. The lowest BCUT2D eigenvalue weighted by Gasteiger charge is -1.96. The van der Waals surface area contributed by atoms with Gasteiger partial charge in [0.25, 0.3) is 5.69 Å². The van der Waals surface area contributed by atoms with E-state index in [4.69, 9.17) is 11.6 Å². The number of allylic oxidation sites excluding steroid dienone is 1. The molecular weight excluding hydrogens is 294 g/mol. The second-order valence-electron chi connectivity index (χ2n) is 3.81. The number of aromatic nitrogens is 2. The maximum Gasteiger partial charge on any atom is 0.276 e. The van der Waals surface area contributed by atoms with Gasteiger partial charge in [-0.2, -0.15) is 5.10 Å². The summed E-state index contributed by atoms with van der Waals surface area (Å²) in [7, 11) is 0. The molecule has 21 heavy (non-hydrogen) atoms. The van der Waals surface area contributed by atoms with Crippen molar-refractivity contribution in [1.29, 1.82) is 0 Å². The van der Waals surface area contributed by atoms with Gasteiger partial charge in [0.2, 0.25) is 0 Å². The summed E-state index contributed by atoms with van der Waals surface area (Å²) in [6.45, 7) is 0. The topological polar surface area (TPSA) is 93.3 Å². The molecular formula is C13H10ClN5O2. The Hall–Kier alpha value is -2.80. The zero-order valence-electron chi connectivity index (χ0n) is 10.7. The summed E-state index contributed by atoms with van der Waals surface area (Å²) in [5, 5.41) is 22.4. The first-order chi connectivity index (χ1) is 10.2. The molecule has 0 atom stereocenters. The zero-order chi connectivity index (χ0) is 15.1. The normalized spacial score (nSPS) is 11.1. The van der Waals surface area contributed by atoms with Crippen LogP contribution < -0.4 is 5.43 Å². The SMILES string of the molecule is O=[N+]([O-])c1ccccc1/C=C/C=N\Nc1ccc(Cl)nn1. The number of benzene rings is 1. The van der Waals surface area contributed by atoms with Gasteiger partial charge in [0.05, 0.1) is 10.5 Å². The molecule has 0 saturated carbocycles. The summed E-state index contributed by atoms with van der Waals surface area (Å²) in [6.07, 6.45) is 4.63. The number of hydrazone groups is 1. The highest BCUT2D eigenvalue weighted by Crippen LogP contribution is 2.18. The van der Waals surface area contributed by atoms with Crippen molar-refractivity contribution in [1.82, 2.24) is 10.2 Å². The minimum atomic E-state index is -0.432. The van der Waals surface area contributed by atoms with E-state index >= 15 is 0 Å². The van der Waals surface area contributed by atoms with Crippen molar-refractivity contribution in [3.05, 3.63) is 63.3 Å². The van der Waals surface area contributed by atoms with Crippen molar-refractivity contribution >= 4 is 35.4 Å². The van der Waals surface area contributed by atoms with E-state index in [9.17, 15) is 10.1 Å². The fourth-order valence-electron chi connectivity index (χ4n) is 1.46. The Labute approximate surface area is 125 Å². The second-order valence-corrected chi connectivity index (χ2v) is 4.19. The quantitative estimate of drug-likeness (QED) is 0.520. The van der Waals surface area contributed by atoms with Crippen molar-refractivity contribution < 1.29 is 4.92 Å². The number of nitro groups is 1. The summed E-state index contributed by atoms with van der Waals surface area (Å²) in [4.78, 5) is 10.4. The average molecular weight is 304 g/mol. The van der Waals surface area contributed by atoms with Gasteiger partial charge in [-0.3, -0.25) is 15.5 Å². The van der Waals surface area contributed by atoms with Crippen LogP contribution in [0.3, 0.4) is 0 Å². The van der Waals surface area contributed by atoms with Gasteiger partial charge >= 0.3 is 0 Å². The molecule has 8 heteroatoms. The molecule has 1 aromatic carbocycles. The standard InChI is InChI=1S/C13H10ClN5O2/c14-12-7-8-13(18-16-12)17-15-9-3-5-10-4-1-2-6-11(10)19(20)21/h1-9H,(H,17,18)/b5-3+,15-9-. The van der Waals surface area contributed by atoms with E-state index in [0.717, 1.165) is 0 Å². The van der Waals surface area contributed by atoms with Crippen molar-refractivity contribution in [3.63, 3.8) is 0 Å². The van der Waals surface area contributed by atoms with Gasteiger partial charge in [-0.15, -0.1) is 10.2 Å². The Morgan fingerprint density at radius 1 is 1.24 bits per heavy atom. The van der Waals surface area contributed by atoms with E-state index in [-0.39, 0.29) is 5.69 Å². The van der Waals surface area contributed by atoms with Crippen LogP contribution >= 0.6 is 11.6 Å². The third-order valence-corrected chi connectivity index (χ3v) is 2.58. The molecule has 106 valence electrons.